The number of carbonyl (C=O) groups excluding carboxylic acids is 1. The molecule has 0 aliphatic rings. The molecule has 0 fully saturated rings. The molecule has 0 unspecified atom stereocenters. The molecule has 140 valence electrons. The number of para-hydroxylation sites is 1. The largest absolute Gasteiger partial charge is 0.355 e. The minimum Gasteiger partial charge on any atom is -0.355 e. The Balaban J connectivity index is 2.24. The van der Waals surface area contributed by atoms with Crippen LogP contribution in [0.4, 0.5) is 5.69 Å². The van der Waals surface area contributed by atoms with E-state index in [1.807, 2.05) is 13.0 Å². The maximum atomic E-state index is 13.1. The molecule has 26 heavy (non-hydrogen) atoms. The average molecular weight is 375 g/mol. The lowest BCUT2D eigenvalue weighted by atomic mass is 10.2. The zero-order chi connectivity index (χ0) is 19.0. The highest BCUT2D eigenvalue weighted by molar-refractivity contribution is 7.92. The van der Waals surface area contributed by atoms with Gasteiger partial charge in [-0.3, -0.25) is 9.10 Å². The Kier molecular flexibility index (Phi) is 7.21. The van der Waals surface area contributed by atoms with Crippen LogP contribution in [0.2, 0.25) is 0 Å². The first-order chi connectivity index (χ1) is 12.4. The summed E-state index contributed by atoms with van der Waals surface area (Å²) in [7, 11) is -3.83. The van der Waals surface area contributed by atoms with Gasteiger partial charge in [-0.1, -0.05) is 55.7 Å². The molecule has 2 aromatic rings. The number of benzene rings is 2. The fourth-order valence-electron chi connectivity index (χ4n) is 2.54. The standard InChI is InChI=1S/C20H26N2O3S/c1-3-4-8-15-21-20(23)16-22(18-9-6-5-7-10-18)26(24,25)19-13-11-17(2)12-14-19/h5-7,9-14H,3-4,8,15-16H2,1-2H3,(H,21,23). The van der Waals surface area contributed by atoms with Gasteiger partial charge in [0.1, 0.15) is 6.54 Å². The number of hydrogen-bond acceptors (Lipinski definition) is 3. The highest BCUT2D eigenvalue weighted by atomic mass is 32.2. The normalized spacial score (nSPS) is 11.2. The van der Waals surface area contributed by atoms with Gasteiger partial charge in [-0.2, -0.15) is 0 Å². The van der Waals surface area contributed by atoms with E-state index in [0.29, 0.717) is 12.2 Å². The van der Waals surface area contributed by atoms with Crippen molar-refractivity contribution in [3.8, 4) is 0 Å². The van der Waals surface area contributed by atoms with E-state index in [1.54, 1.807) is 48.5 Å². The molecule has 0 saturated heterocycles. The number of nitrogens with zero attached hydrogens (tertiary/aromatic N) is 1. The number of carbonyl (C=O) groups is 1. The maximum absolute atomic E-state index is 13.1. The number of aryl methyl sites for hydroxylation is 1. The first-order valence-electron chi connectivity index (χ1n) is 8.86. The van der Waals surface area contributed by atoms with Gasteiger partial charge in [0.15, 0.2) is 0 Å². The molecule has 0 aliphatic carbocycles. The van der Waals surface area contributed by atoms with Crippen LogP contribution in [-0.2, 0) is 14.8 Å². The number of rotatable bonds is 9. The van der Waals surface area contributed by atoms with Gasteiger partial charge in [0.25, 0.3) is 10.0 Å². The highest BCUT2D eigenvalue weighted by Gasteiger charge is 2.26. The van der Waals surface area contributed by atoms with Crippen LogP contribution in [0, 0.1) is 6.92 Å². The van der Waals surface area contributed by atoms with Crippen LogP contribution in [0.25, 0.3) is 0 Å². The van der Waals surface area contributed by atoms with Gasteiger partial charge >= 0.3 is 0 Å². The second-order valence-electron chi connectivity index (χ2n) is 6.22. The molecule has 0 spiro atoms. The third-order valence-electron chi connectivity index (χ3n) is 4.04. The molecule has 5 nitrogen and oxygen atoms in total. The Morgan fingerprint density at radius 1 is 1.00 bits per heavy atom. The van der Waals surface area contributed by atoms with E-state index in [2.05, 4.69) is 12.2 Å². The third-order valence-corrected chi connectivity index (χ3v) is 5.83. The maximum Gasteiger partial charge on any atom is 0.264 e. The summed E-state index contributed by atoms with van der Waals surface area (Å²) in [5.41, 5.74) is 1.45. The molecule has 0 heterocycles. The molecule has 1 amide bonds. The predicted molar refractivity (Wildman–Crippen MR) is 105 cm³/mol. The summed E-state index contributed by atoms with van der Waals surface area (Å²) in [5.74, 6) is -0.305. The van der Waals surface area contributed by atoms with E-state index < -0.39 is 10.0 Å². The van der Waals surface area contributed by atoms with Crippen molar-refractivity contribution in [1.29, 1.82) is 0 Å². The van der Waals surface area contributed by atoms with E-state index in [1.165, 1.54) is 0 Å². The third kappa shape index (κ3) is 5.33. The van der Waals surface area contributed by atoms with Crippen molar-refractivity contribution in [3.05, 3.63) is 60.2 Å². The lowest BCUT2D eigenvalue weighted by Gasteiger charge is -2.24. The van der Waals surface area contributed by atoms with Crippen molar-refractivity contribution in [1.82, 2.24) is 5.32 Å². The highest BCUT2D eigenvalue weighted by Crippen LogP contribution is 2.23. The fourth-order valence-corrected chi connectivity index (χ4v) is 3.96. The van der Waals surface area contributed by atoms with Gasteiger partial charge in [0.05, 0.1) is 10.6 Å². The van der Waals surface area contributed by atoms with Gasteiger partial charge in [-0.05, 0) is 37.6 Å². The number of unbranched alkanes of at least 4 members (excludes halogenated alkanes) is 2. The Labute approximate surface area is 156 Å². The molecular formula is C20H26N2O3S. The summed E-state index contributed by atoms with van der Waals surface area (Å²) in [6.07, 6.45) is 2.98. The smallest absolute Gasteiger partial charge is 0.264 e. The number of nitrogens with one attached hydrogen (secondary N) is 1. The first-order valence-corrected chi connectivity index (χ1v) is 10.3. The summed E-state index contributed by atoms with van der Waals surface area (Å²) < 4.78 is 27.4. The summed E-state index contributed by atoms with van der Waals surface area (Å²) >= 11 is 0. The molecule has 0 aromatic heterocycles. The molecule has 0 aliphatic heterocycles. The van der Waals surface area contributed by atoms with Gasteiger partial charge in [0, 0.05) is 6.54 Å². The van der Waals surface area contributed by atoms with Gasteiger partial charge in [-0.15, -0.1) is 0 Å². The van der Waals surface area contributed by atoms with E-state index in [-0.39, 0.29) is 17.3 Å². The molecular weight excluding hydrogens is 348 g/mol. The molecule has 2 rings (SSSR count). The molecule has 1 N–H and O–H groups in total. The van der Waals surface area contributed by atoms with Crippen LogP contribution in [0.1, 0.15) is 31.7 Å². The number of hydrogen-bond donors (Lipinski definition) is 1. The SMILES string of the molecule is CCCCCNC(=O)CN(c1ccccc1)S(=O)(=O)c1ccc(C)cc1. The number of anilines is 1. The zero-order valence-corrected chi connectivity index (χ0v) is 16.1. The van der Waals surface area contributed by atoms with Crippen LogP contribution >= 0.6 is 0 Å². The van der Waals surface area contributed by atoms with Crippen molar-refractivity contribution in [2.24, 2.45) is 0 Å². The lowest BCUT2D eigenvalue weighted by molar-refractivity contribution is -0.119. The topological polar surface area (TPSA) is 66.5 Å². The van der Waals surface area contributed by atoms with Crippen LogP contribution in [0.15, 0.2) is 59.5 Å². The minimum absolute atomic E-state index is 0.172. The van der Waals surface area contributed by atoms with Crippen molar-refractivity contribution < 1.29 is 13.2 Å². The summed E-state index contributed by atoms with van der Waals surface area (Å²) in [6, 6.07) is 15.3. The van der Waals surface area contributed by atoms with Crippen molar-refractivity contribution in [2.75, 3.05) is 17.4 Å². The van der Waals surface area contributed by atoms with E-state index in [0.717, 1.165) is 29.1 Å². The van der Waals surface area contributed by atoms with Gasteiger partial charge in [0.2, 0.25) is 5.91 Å². The first kappa shape index (κ1) is 20.0. The molecule has 0 saturated carbocycles. The zero-order valence-electron chi connectivity index (χ0n) is 15.3. The van der Waals surface area contributed by atoms with Crippen LogP contribution in [0.5, 0.6) is 0 Å². The Morgan fingerprint density at radius 3 is 2.27 bits per heavy atom. The number of sulfonamides is 1. The van der Waals surface area contributed by atoms with Gasteiger partial charge < -0.3 is 5.32 Å². The fraction of sp³-hybridized carbons (Fsp3) is 0.350. The summed E-state index contributed by atoms with van der Waals surface area (Å²) in [5, 5.41) is 2.81. The monoisotopic (exact) mass is 374 g/mol. The van der Waals surface area contributed by atoms with Crippen molar-refractivity contribution in [3.63, 3.8) is 0 Å². The average Bonchev–Trinajstić information content (AvgIpc) is 2.64. The van der Waals surface area contributed by atoms with Gasteiger partial charge in [-0.25, -0.2) is 8.42 Å². The van der Waals surface area contributed by atoms with Crippen molar-refractivity contribution >= 4 is 21.6 Å². The van der Waals surface area contributed by atoms with E-state index in [9.17, 15) is 13.2 Å². The lowest BCUT2D eigenvalue weighted by Crippen LogP contribution is -2.41. The molecule has 6 heteroatoms. The Bertz CT molecular complexity index is 803. The minimum atomic E-state index is -3.83. The van der Waals surface area contributed by atoms with Crippen LogP contribution < -0.4 is 9.62 Å². The summed E-state index contributed by atoms with van der Waals surface area (Å²) in [6.45, 7) is 4.30. The molecule has 0 atom stereocenters. The second-order valence-corrected chi connectivity index (χ2v) is 8.08. The number of amides is 1. The molecule has 0 radical (unpaired) electrons. The second kappa shape index (κ2) is 9.38. The molecule has 0 bridgehead atoms. The summed E-state index contributed by atoms with van der Waals surface area (Å²) in [4.78, 5) is 12.5. The van der Waals surface area contributed by atoms with Crippen LogP contribution in [0.3, 0.4) is 0 Å². The van der Waals surface area contributed by atoms with E-state index in [4.69, 9.17) is 0 Å². The predicted octanol–water partition coefficient (Wildman–Crippen LogP) is 3.50. The Morgan fingerprint density at radius 2 is 1.65 bits per heavy atom. The van der Waals surface area contributed by atoms with E-state index >= 15 is 0 Å². The van der Waals surface area contributed by atoms with Crippen LogP contribution in [-0.4, -0.2) is 27.4 Å². The quantitative estimate of drug-likeness (QED) is 0.683. The Hall–Kier alpha value is -2.34. The molecule has 2 aromatic carbocycles. The van der Waals surface area contributed by atoms with Crippen molar-refractivity contribution in [2.45, 2.75) is 38.0 Å².